The topological polar surface area (TPSA) is 29.5 Å². The van der Waals surface area contributed by atoms with Crippen molar-refractivity contribution < 1.29 is 9.53 Å². The van der Waals surface area contributed by atoms with Gasteiger partial charge in [-0.3, -0.25) is 4.79 Å². The van der Waals surface area contributed by atoms with Gasteiger partial charge in [-0.15, -0.1) is 0 Å². The Balaban J connectivity index is 2.06. The van der Waals surface area contributed by atoms with Crippen LogP contribution in [0.1, 0.15) is 58.8 Å². The van der Waals surface area contributed by atoms with Gasteiger partial charge < -0.3 is 9.64 Å². The Morgan fingerprint density at radius 2 is 1.88 bits per heavy atom. The molecule has 1 heterocycles. The number of nitrogens with zero attached hydrogens (tertiary/aromatic N) is 1. The molecule has 0 aromatic carbocycles. The monoisotopic (exact) mass is 241 g/mol. The van der Waals surface area contributed by atoms with E-state index in [0.717, 1.165) is 25.9 Å². The Morgan fingerprint density at radius 3 is 2.59 bits per heavy atom. The van der Waals surface area contributed by atoms with E-state index in [1.807, 2.05) is 11.8 Å². The van der Waals surface area contributed by atoms with E-state index >= 15 is 0 Å². The van der Waals surface area contributed by atoms with Gasteiger partial charge in [-0.05, 0) is 13.3 Å². The molecule has 0 aliphatic carbocycles. The first kappa shape index (κ1) is 14.5. The van der Waals surface area contributed by atoms with Crippen molar-refractivity contribution in [1.82, 2.24) is 4.90 Å². The summed E-state index contributed by atoms with van der Waals surface area (Å²) < 4.78 is 5.41. The van der Waals surface area contributed by atoms with Gasteiger partial charge in [-0.2, -0.15) is 0 Å². The van der Waals surface area contributed by atoms with Crippen LogP contribution in [-0.4, -0.2) is 36.6 Å². The number of rotatable bonds is 9. The Morgan fingerprint density at radius 1 is 1.18 bits per heavy atom. The molecule has 0 aromatic rings. The number of amides is 1. The van der Waals surface area contributed by atoms with Crippen LogP contribution in [0.2, 0.25) is 0 Å². The van der Waals surface area contributed by atoms with Crippen LogP contribution in [-0.2, 0) is 9.53 Å². The molecule has 1 rings (SSSR count). The van der Waals surface area contributed by atoms with Crippen molar-refractivity contribution in [2.24, 2.45) is 0 Å². The van der Waals surface area contributed by atoms with Gasteiger partial charge in [0.1, 0.15) is 6.10 Å². The molecule has 1 amide bonds. The molecule has 0 spiro atoms. The molecule has 1 aliphatic rings. The van der Waals surface area contributed by atoms with Crippen LogP contribution in [0.3, 0.4) is 0 Å². The summed E-state index contributed by atoms with van der Waals surface area (Å²) in [7, 11) is 0. The first-order chi connectivity index (χ1) is 8.29. The fraction of sp³-hybridized carbons (Fsp3) is 0.929. The van der Waals surface area contributed by atoms with E-state index in [4.69, 9.17) is 4.74 Å². The molecule has 0 saturated carbocycles. The van der Waals surface area contributed by atoms with E-state index in [2.05, 4.69) is 6.92 Å². The van der Waals surface area contributed by atoms with Gasteiger partial charge in [-0.1, -0.05) is 39.0 Å². The van der Waals surface area contributed by atoms with Crippen LogP contribution < -0.4 is 0 Å². The van der Waals surface area contributed by atoms with E-state index in [1.54, 1.807) is 0 Å². The minimum Gasteiger partial charge on any atom is -0.369 e. The summed E-state index contributed by atoms with van der Waals surface area (Å²) in [5.41, 5.74) is 0. The molecule has 17 heavy (non-hydrogen) atoms. The lowest BCUT2D eigenvalue weighted by Gasteiger charge is -2.16. The zero-order valence-electron chi connectivity index (χ0n) is 11.4. The third kappa shape index (κ3) is 5.07. The van der Waals surface area contributed by atoms with Crippen molar-refractivity contribution >= 4 is 5.91 Å². The van der Waals surface area contributed by atoms with Gasteiger partial charge in [0.25, 0.3) is 5.91 Å². The minimum atomic E-state index is -0.153. The number of carbonyl (C=O) groups excluding carboxylic acids is 1. The molecule has 0 radical (unpaired) electrons. The van der Waals surface area contributed by atoms with Gasteiger partial charge in [0, 0.05) is 26.1 Å². The predicted molar refractivity (Wildman–Crippen MR) is 70.0 cm³/mol. The smallest absolute Gasteiger partial charge is 0.251 e. The minimum absolute atomic E-state index is 0.153. The Bertz CT molecular complexity index is 218. The molecule has 1 aliphatic heterocycles. The van der Waals surface area contributed by atoms with Gasteiger partial charge in [0.2, 0.25) is 0 Å². The summed E-state index contributed by atoms with van der Waals surface area (Å²) in [5.74, 6) is 0.209. The highest BCUT2D eigenvalue weighted by atomic mass is 16.5. The fourth-order valence-corrected chi connectivity index (χ4v) is 2.37. The molecule has 3 heteroatoms. The number of hydrogen-bond acceptors (Lipinski definition) is 2. The summed E-state index contributed by atoms with van der Waals surface area (Å²) in [6, 6.07) is 0. The van der Waals surface area contributed by atoms with Crippen LogP contribution in [0, 0.1) is 0 Å². The number of carbonyl (C=O) groups is 1. The first-order valence-electron chi connectivity index (χ1n) is 7.20. The maximum absolute atomic E-state index is 11.9. The van der Waals surface area contributed by atoms with Gasteiger partial charge in [0.05, 0.1) is 0 Å². The lowest BCUT2D eigenvalue weighted by molar-refractivity contribution is -0.137. The van der Waals surface area contributed by atoms with Crippen LogP contribution in [0.4, 0.5) is 0 Å². The largest absolute Gasteiger partial charge is 0.369 e. The van der Waals surface area contributed by atoms with Crippen molar-refractivity contribution in [3.8, 4) is 0 Å². The number of hydrogen-bond donors (Lipinski definition) is 0. The predicted octanol–water partition coefficient (Wildman–Crippen LogP) is 2.98. The standard InChI is InChI=1S/C14H27NO2/c1-3-5-6-7-8-9-11-15-12-10-13(14(15)16)17-4-2/h13H,3-12H2,1-2H3. The Labute approximate surface area is 106 Å². The second-order valence-corrected chi connectivity index (χ2v) is 4.83. The second kappa shape index (κ2) is 8.51. The molecule has 1 saturated heterocycles. The van der Waals surface area contributed by atoms with Crippen LogP contribution >= 0.6 is 0 Å². The lowest BCUT2D eigenvalue weighted by atomic mass is 10.1. The molecule has 1 fully saturated rings. The summed E-state index contributed by atoms with van der Waals surface area (Å²) in [6.07, 6.45) is 8.41. The van der Waals surface area contributed by atoms with Crippen LogP contribution in [0.25, 0.3) is 0 Å². The van der Waals surface area contributed by atoms with E-state index in [1.165, 1.54) is 32.1 Å². The first-order valence-corrected chi connectivity index (χ1v) is 7.20. The highest BCUT2D eigenvalue weighted by Gasteiger charge is 2.31. The van der Waals surface area contributed by atoms with Gasteiger partial charge in [-0.25, -0.2) is 0 Å². The van der Waals surface area contributed by atoms with Crippen molar-refractivity contribution in [3.05, 3.63) is 0 Å². The molecule has 0 bridgehead atoms. The molecular formula is C14H27NO2. The molecule has 100 valence electrons. The van der Waals surface area contributed by atoms with E-state index in [-0.39, 0.29) is 12.0 Å². The van der Waals surface area contributed by atoms with Crippen LogP contribution in [0.5, 0.6) is 0 Å². The van der Waals surface area contributed by atoms with Crippen LogP contribution in [0.15, 0.2) is 0 Å². The van der Waals surface area contributed by atoms with E-state index in [0.29, 0.717) is 6.61 Å². The van der Waals surface area contributed by atoms with Gasteiger partial charge >= 0.3 is 0 Å². The fourth-order valence-electron chi connectivity index (χ4n) is 2.37. The second-order valence-electron chi connectivity index (χ2n) is 4.83. The molecule has 1 atom stereocenters. The average molecular weight is 241 g/mol. The average Bonchev–Trinajstić information content (AvgIpc) is 2.67. The summed E-state index contributed by atoms with van der Waals surface area (Å²) >= 11 is 0. The van der Waals surface area contributed by atoms with E-state index in [9.17, 15) is 4.79 Å². The molecule has 0 N–H and O–H groups in total. The highest BCUT2D eigenvalue weighted by Crippen LogP contribution is 2.15. The van der Waals surface area contributed by atoms with Crippen molar-refractivity contribution in [3.63, 3.8) is 0 Å². The Kier molecular flexibility index (Phi) is 7.25. The maximum Gasteiger partial charge on any atom is 0.251 e. The SMILES string of the molecule is CCCCCCCCN1CCC(OCC)C1=O. The molecule has 0 aromatic heterocycles. The highest BCUT2D eigenvalue weighted by molar-refractivity contribution is 5.82. The summed E-state index contributed by atoms with van der Waals surface area (Å²) in [4.78, 5) is 13.8. The molecule has 3 nitrogen and oxygen atoms in total. The zero-order chi connectivity index (χ0) is 12.5. The quantitative estimate of drug-likeness (QED) is 0.581. The number of ether oxygens (including phenoxy) is 1. The Hall–Kier alpha value is -0.570. The van der Waals surface area contributed by atoms with Crippen molar-refractivity contribution in [2.75, 3.05) is 19.7 Å². The lowest BCUT2D eigenvalue weighted by Crippen LogP contribution is -2.31. The normalized spacial score (nSPS) is 20.2. The zero-order valence-corrected chi connectivity index (χ0v) is 11.4. The van der Waals surface area contributed by atoms with Crippen molar-refractivity contribution in [2.45, 2.75) is 64.9 Å². The van der Waals surface area contributed by atoms with E-state index < -0.39 is 0 Å². The van der Waals surface area contributed by atoms with Gasteiger partial charge in [0.15, 0.2) is 0 Å². The molecule has 1 unspecified atom stereocenters. The maximum atomic E-state index is 11.9. The van der Waals surface area contributed by atoms with Crippen molar-refractivity contribution in [1.29, 1.82) is 0 Å². The summed E-state index contributed by atoms with van der Waals surface area (Å²) in [6.45, 7) is 6.63. The third-order valence-corrected chi connectivity index (χ3v) is 3.40. The number of likely N-dealkylation sites (tertiary alicyclic amines) is 1. The molecular weight excluding hydrogens is 214 g/mol. The number of unbranched alkanes of at least 4 members (excludes halogenated alkanes) is 5. The third-order valence-electron chi connectivity index (χ3n) is 3.40. The summed E-state index contributed by atoms with van der Waals surface area (Å²) in [5, 5.41) is 0.